The van der Waals surface area contributed by atoms with Crippen molar-refractivity contribution in [2.45, 2.75) is 32.7 Å². The average molecular weight is 264 g/mol. The number of carbonyl (C=O) groups is 1. The maximum atomic E-state index is 11.5. The molecule has 1 atom stereocenters. The van der Waals surface area contributed by atoms with Crippen molar-refractivity contribution in [1.29, 1.82) is 0 Å². The molecule has 1 rings (SSSR count). The molecule has 1 amide bonds. The zero-order chi connectivity index (χ0) is 14.3. The highest BCUT2D eigenvalue weighted by Crippen LogP contribution is 2.13. The minimum Gasteiger partial charge on any atom is -0.508 e. The molecule has 0 heterocycles. The molecule has 0 aliphatic heterocycles. The van der Waals surface area contributed by atoms with E-state index in [1.165, 1.54) is 5.56 Å². The van der Waals surface area contributed by atoms with Gasteiger partial charge in [-0.05, 0) is 44.0 Å². The second-order valence-electron chi connectivity index (χ2n) is 4.86. The van der Waals surface area contributed by atoms with E-state index in [4.69, 9.17) is 0 Å². The zero-order valence-corrected chi connectivity index (χ0v) is 12.0. The van der Waals surface area contributed by atoms with Crippen molar-refractivity contribution in [3.05, 3.63) is 29.8 Å². The van der Waals surface area contributed by atoms with Crippen molar-refractivity contribution >= 4 is 5.91 Å². The summed E-state index contributed by atoms with van der Waals surface area (Å²) in [5.41, 5.74) is 1.17. The van der Waals surface area contributed by atoms with Crippen LogP contribution in [0, 0.1) is 0 Å². The molecule has 0 saturated carbocycles. The van der Waals surface area contributed by atoms with Gasteiger partial charge in [-0.1, -0.05) is 19.1 Å². The largest absolute Gasteiger partial charge is 0.508 e. The number of rotatable bonds is 7. The van der Waals surface area contributed by atoms with E-state index in [0.29, 0.717) is 12.6 Å². The number of hydrogen-bond acceptors (Lipinski definition) is 3. The molecule has 0 bridgehead atoms. The monoisotopic (exact) mass is 264 g/mol. The molecule has 106 valence electrons. The van der Waals surface area contributed by atoms with Crippen molar-refractivity contribution in [1.82, 2.24) is 10.2 Å². The molecule has 0 radical (unpaired) electrons. The van der Waals surface area contributed by atoms with Gasteiger partial charge >= 0.3 is 0 Å². The molecule has 1 aromatic carbocycles. The summed E-state index contributed by atoms with van der Waals surface area (Å²) in [6.45, 7) is 5.59. The highest BCUT2D eigenvalue weighted by molar-refractivity contribution is 5.77. The SMILES string of the molecule is CCCN(CC(=O)NC)C(C)Cc1ccc(O)cc1. The number of phenolic OH excluding ortho intramolecular Hbond substituents is 1. The number of amides is 1. The van der Waals surface area contributed by atoms with Crippen molar-refractivity contribution in [2.24, 2.45) is 0 Å². The summed E-state index contributed by atoms with van der Waals surface area (Å²) in [6.07, 6.45) is 1.90. The number of phenols is 1. The standard InChI is InChI=1S/C15H24N2O2/c1-4-9-17(11-15(19)16-3)12(2)10-13-5-7-14(18)8-6-13/h5-8,12,18H,4,9-11H2,1-3H3,(H,16,19). The number of nitrogens with zero attached hydrogens (tertiary/aromatic N) is 1. The Hall–Kier alpha value is -1.55. The smallest absolute Gasteiger partial charge is 0.233 e. The molecule has 4 heteroatoms. The molecule has 2 N–H and O–H groups in total. The zero-order valence-electron chi connectivity index (χ0n) is 12.0. The van der Waals surface area contributed by atoms with E-state index < -0.39 is 0 Å². The quantitative estimate of drug-likeness (QED) is 0.789. The second kappa shape index (κ2) is 7.79. The fraction of sp³-hybridized carbons (Fsp3) is 0.533. The summed E-state index contributed by atoms with van der Waals surface area (Å²) in [7, 11) is 1.66. The molecule has 0 aromatic heterocycles. The summed E-state index contributed by atoms with van der Waals surface area (Å²) >= 11 is 0. The third-order valence-corrected chi connectivity index (χ3v) is 3.23. The predicted octanol–water partition coefficient (Wildman–Crippen LogP) is 1.78. The van der Waals surface area contributed by atoms with Crippen LogP contribution in [0.2, 0.25) is 0 Å². The molecule has 4 nitrogen and oxygen atoms in total. The van der Waals surface area contributed by atoms with E-state index in [9.17, 15) is 9.90 Å². The van der Waals surface area contributed by atoms with Crippen molar-refractivity contribution < 1.29 is 9.90 Å². The topological polar surface area (TPSA) is 52.6 Å². The van der Waals surface area contributed by atoms with Gasteiger partial charge in [0.05, 0.1) is 6.54 Å². The Morgan fingerprint density at radius 1 is 1.37 bits per heavy atom. The van der Waals surface area contributed by atoms with Crippen LogP contribution in [-0.4, -0.2) is 42.1 Å². The third-order valence-electron chi connectivity index (χ3n) is 3.23. The van der Waals surface area contributed by atoms with Gasteiger partial charge in [0, 0.05) is 13.1 Å². The number of carbonyl (C=O) groups excluding carboxylic acids is 1. The van der Waals surface area contributed by atoms with Crippen LogP contribution in [0.25, 0.3) is 0 Å². The number of benzene rings is 1. The van der Waals surface area contributed by atoms with Gasteiger partial charge in [0.1, 0.15) is 5.75 Å². The third kappa shape index (κ3) is 5.30. The second-order valence-corrected chi connectivity index (χ2v) is 4.86. The highest BCUT2D eigenvalue weighted by Gasteiger charge is 2.16. The molecule has 1 aromatic rings. The van der Waals surface area contributed by atoms with Gasteiger partial charge in [0.2, 0.25) is 5.91 Å². The molecule has 19 heavy (non-hydrogen) atoms. The van der Waals surface area contributed by atoms with E-state index in [1.54, 1.807) is 19.2 Å². The lowest BCUT2D eigenvalue weighted by molar-refractivity contribution is -0.122. The Kier molecular flexibility index (Phi) is 6.36. The Labute approximate surface area is 115 Å². The van der Waals surface area contributed by atoms with Crippen LogP contribution < -0.4 is 5.32 Å². The van der Waals surface area contributed by atoms with Gasteiger partial charge in [-0.3, -0.25) is 9.69 Å². The first kappa shape index (κ1) is 15.5. The van der Waals surface area contributed by atoms with Crippen molar-refractivity contribution in [3.63, 3.8) is 0 Å². The first-order valence-electron chi connectivity index (χ1n) is 6.79. The summed E-state index contributed by atoms with van der Waals surface area (Å²) in [6, 6.07) is 7.54. The molecule has 0 saturated heterocycles. The Bertz CT molecular complexity index is 390. The molecular formula is C15H24N2O2. The van der Waals surface area contributed by atoms with E-state index in [-0.39, 0.29) is 11.7 Å². The summed E-state index contributed by atoms with van der Waals surface area (Å²) < 4.78 is 0. The van der Waals surface area contributed by atoms with E-state index in [0.717, 1.165) is 19.4 Å². The lowest BCUT2D eigenvalue weighted by atomic mass is 10.1. The van der Waals surface area contributed by atoms with E-state index >= 15 is 0 Å². The number of hydrogen-bond donors (Lipinski definition) is 2. The van der Waals surface area contributed by atoms with Crippen LogP contribution >= 0.6 is 0 Å². The average Bonchev–Trinajstić information content (AvgIpc) is 2.40. The first-order valence-corrected chi connectivity index (χ1v) is 6.79. The van der Waals surface area contributed by atoms with E-state index in [2.05, 4.69) is 24.1 Å². The van der Waals surface area contributed by atoms with Gasteiger partial charge < -0.3 is 10.4 Å². The normalized spacial score (nSPS) is 12.4. The van der Waals surface area contributed by atoms with Crippen LogP contribution in [0.3, 0.4) is 0 Å². The van der Waals surface area contributed by atoms with Crippen molar-refractivity contribution in [2.75, 3.05) is 20.1 Å². The van der Waals surface area contributed by atoms with Crippen LogP contribution in [0.5, 0.6) is 5.75 Å². The predicted molar refractivity (Wildman–Crippen MR) is 77.2 cm³/mol. The lowest BCUT2D eigenvalue weighted by Crippen LogP contribution is -2.42. The summed E-state index contributed by atoms with van der Waals surface area (Å²) in [4.78, 5) is 13.7. The lowest BCUT2D eigenvalue weighted by Gasteiger charge is -2.28. The van der Waals surface area contributed by atoms with Crippen molar-refractivity contribution in [3.8, 4) is 5.75 Å². The number of aromatic hydroxyl groups is 1. The minimum absolute atomic E-state index is 0.0472. The molecule has 0 aliphatic rings. The van der Waals surface area contributed by atoms with E-state index in [1.807, 2.05) is 12.1 Å². The van der Waals surface area contributed by atoms with Crippen LogP contribution in [0.4, 0.5) is 0 Å². The van der Waals surface area contributed by atoms with Gasteiger partial charge in [-0.2, -0.15) is 0 Å². The first-order chi connectivity index (χ1) is 9.06. The summed E-state index contributed by atoms with van der Waals surface area (Å²) in [5.74, 6) is 0.332. The fourth-order valence-electron chi connectivity index (χ4n) is 2.11. The number of nitrogens with one attached hydrogen (secondary N) is 1. The van der Waals surface area contributed by atoms with Gasteiger partial charge in [0.15, 0.2) is 0 Å². The maximum Gasteiger partial charge on any atom is 0.233 e. The molecule has 0 aliphatic carbocycles. The Morgan fingerprint density at radius 3 is 2.53 bits per heavy atom. The molecular weight excluding hydrogens is 240 g/mol. The van der Waals surface area contributed by atoms with Gasteiger partial charge in [-0.15, -0.1) is 0 Å². The Balaban J connectivity index is 2.62. The number of likely N-dealkylation sites (N-methyl/N-ethyl adjacent to an activating group) is 1. The Morgan fingerprint density at radius 2 is 2.00 bits per heavy atom. The highest BCUT2D eigenvalue weighted by atomic mass is 16.3. The molecule has 1 unspecified atom stereocenters. The van der Waals surface area contributed by atoms with Crippen LogP contribution in [0.15, 0.2) is 24.3 Å². The van der Waals surface area contributed by atoms with Gasteiger partial charge in [0.25, 0.3) is 0 Å². The van der Waals surface area contributed by atoms with Crippen LogP contribution in [0.1, 0.15) is 25.8 Å². The molecule has 0 fully saturated rings. The maximum absolute atomic E-state index is 11.5. The summed E-state index contributed by atoms with van der Waals surface area (Å²) in [5, 5.41) is 11.9. The fourth-order valence-corrected chi connectivity index (χ4v) is 2.11. The minimum atomic E-state index is 0.0472. The van der Waals surface area contributed by atoms with Gasteiger partial charge in [-0.25, -0.2) is 0 Å². The molecule has 0 spiro atoms. The van der Waals surface area contributed by atoms with Crippen LogP contribution in [-0.2, 0) is 11.2 Å².